The molecular formula is C21H26ClN3O. The number of benzene rings is 1. The Bertz CT molecular complexity index is 788. The van der Waals surface area contributed by atoms with Gasteiger partial charge in [-0.1, -0.05) is 43.0 Å². The summed E-state index contributed by atoms with van der Waals surface area (Å²) < 4.78 is 0. The first-order chi connectivity index (χ1) is 12.7. The van der Waals surface area contributed by atoms with Crippen LogP contribution in [0.5, 0.6) is 0 Å². The zero-order valence-corrected chi connectivity index (χ0v) is 15.8. The Morgan fingerprint density at radius 1 is 0.885 bits per heavy atom. The van der Waals surface area contributed by atoms with Gasteiger partial charge in [0.15, 0.2) is 0 Å². The van der Waals surface area contributed by atoms with Crippen LogP contribution >= 0.6 is 11.6 Å². The maximum atomic E-state index is 11.7. The minimum atomic E-state index is -0.243. The van der Waals surface area contributed by atoms with Gasteiger partial charge in [-0.05, 0) is 42.7 Å². The zero-order chi connectivity index (χ0) is 17.9. The lowest BCUT2D eigenvalue weighted by Gasteiger charge is -2.41. The van der Waals surface area contributed by atoms with Crippen molar-refractivity contribution in [3.63, 3.8) is 0 Å². The highest BCUT2D eigenvalue weighted by atomic mass is 35.5. The summed E-state index contributed by atoms with van der Waals surface area (Å²) in [5.41, 5.74) is 2.82. The Morgan fingerprint density at radius 3 is 2.23 bits per heavy atom. The number of aromatic nitrogens is 1. The molecule has 2 aromatic rings. The molecule has 2 heterocycles. The van der Waals surface area contributed by atoms with Crippen LogP contribution in [0, 0.1) is 0 Å². The van der Waals surface area contributed by atoms with Crippen LogP contribution in [0.25, 0.3) is 11.3 Å². The van der Waals surface area contributed by atoms with Crippen LogP contribution in [0.2, 0.25) is 5.02 Å². The molecule has 1 aromatic heterocycles. The van der Waals surface area contributed by atoms with E-state index < -0.39 is 0 Å². The van der Waals surface area contributed by atoms with Crippen molar-refractivity contribution in [2.75, 3.05) is 31.1 Å². The van der Waals surface area contributed by atoms with Gasteiger partial charge < -0.3 is 9.88 Å². The Morgan fingerprint density at radius 2 is 1.58 bits per heavy atom. The molecule has 0 bridgehead atoms. The molecule has 0 unspecified atom stereocenters. The molecule has 1 aliphatic carbocycles. The highest BCUT2D eigenvalue weighted by molar-refractivity contribution is 6.30. The molecular weight excluding hydrogens is 346 g/mol. The van der Waals surface area contributed by atoms with Gasteiger partial charge in [0.2, 0.25) is 0 Å². The van der Waals surface area contributed by atoms with E-state index in [2.05, 4.69) is 39.0 Å². The standard InChI is InChI=1S/C21H26ClN3O/c22-19-10-11-20(23-21(19)26)16-6-8-18(9-7-16)25-14-12-24(13-15-25)17-4-2-1-3-5-17/h6-11,17H,1-5,12-15H2,(H,23,26). The van der Waals surface area contributed by atoms with Gasteiger partial charge in [-0.25, -0.2) is 0 Å². The third-order valence-corrected chi connectivity index (χ3v) is 6.11. The monoisotopic (exact) mass is 371 g/mol. The number of H-pyrrole nitrogens is 1. The molecule has 138 valence electrons. The van der Waals surface area contributed by atoms with Gasteiger partial charge in [-0.2, -0.15) is 0 Å². The van der Waals surface area contributed by atoms with Crippen LogP contribution in [-0.4, -0.2) is 42.1 Å². The van der Waals surface area contributed by atoms with Gasteiger partial charge in [0.25, 0.3) is 5.56 Å². The number of aromatic amines is 1. The fraction of sp³-hybridized carbons (Fsp3) is 0.476. The first kappa shape index (κ1) is 17.6. The van der Waals surface area contributed by atoms with Crippen LogP contribution in [0.4, 0.5) is 5.69 Å². The van der Waals surface area contributed by atoms with E-state index in [1.165, 1.54) is 37.8 Å². The molecule has 1 saturated carbocycles. The molecule has 26 heavy (non-hydrogen) atoms. The maximum Gasteiger partial charge on any atom is 0.267 e. The van der Waals surface area contributed by atoms with E-state index in [-0.39, 0.29) is 10.6 Å². The van der Waals surface area contributed by atoms with Crippen LogP contribution < -0.4 is 10.5 Å². The molecule has 2 aliphatic rings. The second kappa shape index (κ2) is 7.85. The summed E-state index contributed by atoms with van der Waals surface area (Å²) in [5.74, 6) is 0. The van der Waals surface area contributed by atoms with Crippen molar-refractivity contribution in [3.8, 4) is 11.3 Å². The van der Waals surface area contributed by atoms with Gasteiger partial charge >= 0.3 is 0 Å². The number of piperazine rings is 1. The zero-order valence-electron chi connectivity index (χ0n) is 15.1. The molecule has 2 fully saturated rings. The van der Waals surface area contributed by atoms with Crippen molar-refractivity contribution in [3.05, 3.63) is 51.8 Å². The average Bonchev–Trinajstić information content (AvgIpc) is 2.71. The lowest BCUT2D eigenvalue weighted by Crippen LogP contribution is -2.50. The summed E-state index contributed by atoms with van der Waals surface area (Å²) >= 11 is 5.81. The highest BCUT2D eigenvalue weighted by Gasteiger charge is 2.25. The Kier molecular flexibility index (Phi) is 5.32. The van der Waals surface area contributed by atoms with Crippen LogP contribution in [0.3, 0.4) is 0 Å². The summed E-state index contributed by atoms with van der Waals surface area (Å²) in [4.78, 5) is 19.7. The lowest BCUT2D eigenvalue weighted by atomic mass is 9.94. The van der Waals surface area contributed by atoms with Crippen molar-refractivity contribution in [1.82, 2.24) is 9.88 Å². The van der Waals surface area contributed by atoms with Crippen molar-refractivity contribution in [1.29, 1.82) is 0 Å². The Labute approximate surface area is 159 Å². The van der Waals surface area contributed by atoms with E-state index in [1.54, 1.807) is 6.07 Å². The van der Waals surface area contributed by atoms with Crippen LogP contribution in [-0.2, 0) is 0 Å². The third-order valence-electron chi connectivity index (χ3n) is 5.81. The fourth-order valence-electron chi connectivity index (χ4n) is 4.27. The number of hydrogen-bond donors (Lipinski definition) is 1. The van der Waals surface area contributed by atoms with Gasteiger partial charge in [-0.3, -0.25) is 9.69 Å². The SMILES string of the molecule is O=c1[nH]c(-c2ccc(N3CCN(C4CCCCC4)CC3)cc2)ccc1Cl. The number of pyridine rings is 1. The Hall–Kier alpha value is -1.78. The van der Waals surface area contributed by atoms with E-state index in [0.29, 0.717) is 0 Å². The largest absolute Gasteiger partial charge is 0.369 e. The molecule has 4 nitrogen and oxygen atoms in total. The number of rotatable bonds is 3. The van der Waals surface area contributed by atoms with Gasteiger partial charge in [-0.15, -0.1) is 0 Å². The molecule has 1 aliphatic heterocycles. The summed E-state index contributed by atoms with van der Waals surface area (Å²) in [6.45, 7) is 4.51. The summed E-state index contributed by atoms with van der Waals surface area (Å²) in [6.07, 6.45) is 6.99. The summed E-state index contributed by atoms with van der Waals surface area (Å²) in [5, 5.41) is 0.223. The number of nitrogens with one attached hydrogen (secondary N) is 1. The van der Waals surface area contributed by atoms with Crippen LogP contribution in [0.1, 0.15) is 32.1 Å². The van der Waals surface area contributed by atoms with E-state index in [9.17, 15) is 4.79 Å². The normalized spacial score (nSPS) is 19.7. The average molecular weight is 372 g/mol. The quantitative estimate of drug-likeness (QED) is 0.880. The van der Waals surface area contributed by atoms with Crippen LogP contribution in [0.15, 0.2) is 41.2 Å². The molecule has 0 radical (unpaired) electrons. The predicted octanol–water partition coefficient (Wildman–Crippen LogP) is 4.15. The third kappa shape index (κ3) is 3.81. The van der Waals surface area contributed by atoms with Crippen molar-refractivity contribution in [2.24, 2.45) is 0 Å². The fourth-order valence-corrected chi connectivity index (χ4v) is 4.38. The molecule has 0 atom stereocenters. The smallest absolute Gasteiger partial charge is 0.267 e. The first-order valence-corrected chi connectivity index (χ1v) is 10.1. The molecule has 0 spiro atoms. The highest BCUT2D eigenvalue weighted by Crippen LogP contribution is 2.26. The summed E-state index contributed by atoms with van der Waals surface area (Å²) in [6, 6.07) is 12.8. The van der Waals surface area contributed by atoms with E-state index in [4.69, 9.17) is 11.6 Å². The minimum absolute atomic E-state index is 0.223. The minimum Gasteiger partial charge on any atom is -0.369 e. The van der Waals surface area contributed by atoms with E-state index in [1.807, 2.05) is 6.07 Å². The van der Waals surface area contributed by atoms with Crippen molar-refractivity contribution < 1.29 is 0 Å². The predicted molar refractivity (Wildman–Crippen MR) is 108 cm³/mol. The second-order valence-electron chi connectivity index (χ2n) is 7.41. The Balaban J connectivity index is 1.40. The van der Waals surface area contributed by atoms with Crippen molar-refractivity contribution in [2.45, 2.75) is 38.1 Å². The number of hydrogen-bond acceptors (Lipinski definition) is 3. The van der Waals surface area contributed by atoms with Gasteiger partial charge in [0.05, 0.1) is 0 Å². The molecule has 1 saturated heterocycles. The molecule has 1 N–H and O–H groups in total. The second-order valence-corrected chi connectivity index (χ2v) is 7.82. The number of nitrogens with zero attached hydrogens (tertiary/aromatic N) is 2. The van der Waals surface area contributed by atoms with E-state index >= 15 is 0 Å². The lowest BCUT2D eigenvalue weighted by molar-refractivity contribution is 0.148. The van der Waals surface area contributed by atoms with Gasteiger partial charge in [0.1, 0.15) is 5.02 Å². The number of anilines is 1. The first-order valence-electron chi connectivity index (χ1n) is 9.69. The molecule has 5 heteroatoms. The number of halogens is 1. The summed E-state index contributed by atoms with van der Waals surface area (Å²) in [7, 11) is 0. The topological polar surface area (TPSA) is 39.3 Å². The van der Waals surface area contributed by atoms with E-state index in [0.717, 1.165) is 43.5 Å². The molecule has 1 aromatic carbocycles. The molecule has 0 amide bonds. The van der Waals surface area contributed by atoms with Crippen molar-refractivity contribution >= 4 is 17.3 Å². The molecule has 4 rings (SSSR count). The maximum absolute atomic E-state index is 11.7. The van der Waals surface area contributed by atoms with Gasteiger partial charge in [0, 0.05) is 43.6 Å².